The molecule has 0 saturated carbocycles. The van der Waals surface area contributed by atoms with E-state index >= 15 is 0 Å². The molecule has 8 heteroatoms. The monoisotopic (exact) mass is 467 g/mol. The summed E-state index contributed by atoms with van der Waals surface area (Å²) in [5.74, 6) is -0.653. The quantitative estimate of drug-likeness (QED) is 0.284. The summed E-state index contributed by atoms with van der Waals surface area (Å²) in [7, 11) is 0. The molecule has 0 aliphatic rings. The third-order valence-corrected chi connectivity index (χ3v) is 5.56. The zero-order valence-electron chi connectivity index (χ0n) is 19.4. The van der Waals surface area contributed by atoms with Gasteiger partial charge < -0.3 is 5.32 Å². The Hall–Kier alpha value is -4.59. The normalized spacial score (nSPS) is 12.1. The number of nitrogens with zero attached hydrogens (tertiary/aromatic N) is 2. The van der Waals surface area contributed by atoms with E-state index in [2.05, 4.69) is 39.9 Å². The molecule has 3 N–H and O–H groups in total. The predicted octanol–water partition coefficient (Wildman–Crippen LogP) is 3.67. The van der Waals surface area contributed by atoms with Crippen molar-refractivity contribution in [2.24, 2.45) is 5.10 Å². The molecule has 4 aromatic rings. The van der Waals surface area contributed by atoms with Crippen LogP contribution in [0.4, 0.5) is 0 Å². The summed E-state index contributed by atoms with van der Waals surface area (Å²) in [6.07, 6.45) is 1.52. The van der Waals surface area contributed by atoms with Gasteiger partial charge in [-0.25, -0.2) is 10.5 Å². The Balaban J connectivity index is 1.62. The highest BCUT2D eigenvalue weighted by molar-refractivity contribution is 5.99. The molecule has 8 nitrogen and oxygen atoms in total. The van der Waals surface area contributed by atoms with Gasteiger partial charge in [-0.2, -0.15) is 10.2 Å². The van der Waals surface area contributed by atoms with Crippen molar-refractivity contribution >= 4 is 28.8 Å². The molecule has 2 amide bonds. The van der Waals surface area contributed by atoms with Gasteiger partial charge in [0.25, 0.3) is 17.4 Å². The van der Waals surface area contributed by atoms with Crippen molar-refractivity contribution in [2.75, 3.05) is 0 Å². The van der Waals surface area contributed by atoms with Gasteiger partial charge in [0.05, 0.1) is 11.6 Å². The lowest BCUT2D eigenvalue weighted by Crippen LogP contribution is -2.40. The van der Waals surface area contributed by atoms with Crippen molar-refractivity contribution in [3.8, 4) is 0 Å². The van der Waals surface area contributed by atoms with Crippen LogP contribution in [0.2, 0.25) is 0 Å². The lowest BCUT2D eigenvalue weighted by atomic mass is 10.0. The van der Waals surface area contributed by atoms with Gasteiger partial charge in [-0.05, 0) is 35.2 Å². The van der Waals surface area contributed by atoms with Crippen LogP contribution < -0.4 is 16.3 Å². The number of benzene rings is 3. The van der Waals surface area contributed by atoms with Crippen LogP contribution in [0.1, 0.15) is 53.0 Å². The van der Waals surface area contributed by atoms with Crippen LogP contribution in [0.25, 0.3) is 10.8 Å². The minimum absolute atomic E-state index is 0.207. The Labute approximate surface area is 202 Å². The number of nitrogens with one attached hydrogen (secondary N) is 3. The van der Waals surface area contributed by atoms with E-state index in [1.165, 1.54) is 11.8 Å². The van der Waals surface area contributed by atoms with Crippen molar-refractivity contribution in [3.63, 3.8) is 0 Å². The second-order valence-electron chi connectivity index (χ2n) is 8.31. The number of H-pyrrole nitrogens is 1. The summed E-state index contributed by atoms with van der Waals surface area (Å²) in [4.78, 5) is 38.3. The highest BCUT2D eigenvalue weighted by Gasteiger charge is 2.27. The minimum atomic E-state index is -1.20. The number of fused-ring (bicyclic) bond motifs is 1. The third-order valence-electron chi connectivity index (χ3n) is 5.56. The van der Waals surface area contributed by atoms with Gasteiger partial charge in [0.15, 0.2) is 6.04 Å². The highest BCUT2D eigenvalue weighted by atomic mass is 16.2. The van der Waals surface area contributed by atoms with E-state index in [1.54, 1.807) is 54.6 Å². The molecule has 1 unspecified atom stereocenters. The van der Waals surface area contributed by atoms with Gasteiger partial charge in [0, 0.05) is 10.9 Å². The molecule has 0 bridgehead atoms. The molecule has 0 saturated heterocycles. The molecule has 1 aromatic heterocycles. The smallest absolute Gasteiger partial charge is 0.272 e. The standard InChI is InChI=1S/C27H25N5O3/c1-17(2)19-14-12-18(13-15-19)16-28-31-27(35)24(29-25(33)20-8-4-3-5-9-20)23-21-10-6-7-11-22(21)26(34)32-30-23/h3-17,24H,1-2H3,(H,29,33)(H,31,35)(H,32,34). The molecular formula is C27H25N5O3. The molecule has 0 radical (unpaired) electrons. The number of hydrogen-bond acceptors (Lipinski definition) is 5. The van der Waals surface area contributed by atoms with Crippen molar-refractivity contribution in [2.45, 2.75) is 25.8 Å². The molecule has 176 valence electrons. The van der Waals surface area contributed by atoms with Gasteiger partial charge in [-0.15, -0.1) is 0 Å². The Kier molecular flexibility index (Phi) is 7.11. The molecule has 35 heavy (non-hydrogen) atoms. The van der Waals surface area contributed by atoms with Crippen molar-refractivity contribution in [1.82, 2.24) is 20.9 Å². The Morgan fingerprint density at radius 1 is 0.914 bits per heavy atom. The van der Waals surface area contributed by atoms with Crippen molar-refractivity contribution < 1.29 is 9.59 Å². The molecule has 0 aliphatic heterocycles. The maximum Gasteiger partial charge on any atom is 0.272 e. The lowest BCUT2D eigenvalue weighted by Gasteiger charge is -2.18. The van der Waals surface area contributed by atoms with Crippen LogP contribution in [0.15, 0.2) is 88.8 Å². The van der Waals surface area contributed by atoms with E-state index in [0.717, 1.165) is 5.56 Å². The second kappa shape index (κ2) is 10.6. The molecule has 3 aromatic carbocycles. The summed E-state index contributed by atoms with van der Waals surface area (Å²) in [6.45, 7) is 4.23. The lowest BCUT2D eigenvalue weighted by molar-refractivity contribution is -0.123. The highest BCUT2D eigenvalue weighted by Crippen LogP contribution is 2.20. The first kappa shape index (κ1) is 23.6. The van der Waals surface area contributed by atoms with Crippen molar-refractivity contribution in [1.29, 1.82) is 0 Å². The van der Waals surface area contributed by atoms with Gasteiger partial charge in [0.2, 0.25) is 0 Å². The van der Waals surface area contributed by atoms with Crippen LogP contribution in [0, 0.1) is 0 Å². The van der Waals surface area contributed by atoms with E-state index < -0.39 is 17.9 Å². The largest absolute Gasteiger partial charge is 0.335 e. The van der Waals surface area contributed by atoms with Crippen LogP contribution in [0.3, 0.4) is 0 Å². The van der Waals surface area contributed by atoms with Crippen LogP contribution >= 0.6 is 0 Å². The number of aromatic amines is 1. The van der Waals surface area contributed by atoms with E-state index in [4.69, 9.17) is 0 Å². The molecular weight excluding hydrogens is 442 g/mol. The zero-order valence-corrected chi connectivity index (χ0v) is 19.4. The number of carbonyl (C=O) groups is 2. The second-order valence-corrected chi connectivity index (χ2v) is 8.31. The van der Waals surface area contributed by atoms with Crippen LogP contribution in [-0.2, 0) is 4.79 Å². The Bertz CT molecular complexity index is 1430. The fourth-order valence-corrected chi connectivity index (χ4v) is 3.62. The molecule has 1 atom stereocenters. The number of carbonyl (C=O) groups excluding carboxylic acids is 2. The van der Waals surface area contributed by atoms with Gasteiger partial charge in [0.1, 0.15) is 5.69 Å². The van der Waals surface area contributed by atoms with E-state index in [1.807, 2.05) is 24.3 Å². The zero-order chi connectivity index (χ0) is 24.8. The minimum Gasteiger partial charge on any atom is -0.335 e. The average Bonchev–Trinajstić information content (AvgIpc) is 2.88. The third kappa shape index (κ3) is 5.50. The maximum absolute atomic E-state index is 13.2. The Morgan fingerprint density at radius 2 is 1.57 bits per heavy atom. The first-order chi connectivity index (χ1) is 16.9. The fraction of sp³-hybridized carbons (Fsp3) is 0.148. The van der Waals surface area contributed by atoms with Crippen LogP contribution in [0.5, 0.6) is 0 Å². The summed E-state index contributed by atoms with van der Waals surface area (Å²) in [5.41, 5.74) is 4.70. The number of hydrazone groups is 1. The number of aromatic nitrogens is 2. The van der Waals surface area contributed by atoms with Gasteiger partial charge in [-0.1, -0.05) is 74.5 Å². The maximum atomic E-state index is 13.2. The summed E-state index contributed by atoms with van der Waals surface area (Å²) in [6, 6.07) is 21.9. The number of amides is 2. The summed E-state index contributed by atoms with van der Waals surface area (Å²) in [5, 5.41) is 14.1. The Morgan fingerprint density at radius 3 is 2.26 bits per heavy atom. The van der Waals surface area contributed by atoms with E-state index in [-0.39, 0.29) is 11.3 Å². The average molecular weight is 468 g/mol. The van der Waals surface area contributed by atoms with Crippen LogP contribution in [-0.4, -0.2) is 28.2 Å². The molecule has 0 spiro atoms. The first-order valence-electron chi connectivity index (χ1n) is 11.2. The van der Waals surface area contributed by atoms with Gasteiger partial charge in [-0.3, -0.25) is 14.4 Å². The number of hydrogen-bond donors (Lipinski definition) is 3. The topological polar surface area (TPSA) is 116 Å². The molecule has 1 heterocycles. The predicted molar refractivity (Wildman–Crippen MR) is 135 cm³/mol. The summed E-state index contributed by atoms with van der Waals surface area (Å²) < 4.78 is 0. The van der Waals surface area contributed by atoms with Crippen molar-refractivity contribution in [3.05, 3.63) is 112 Å². The van der Waals surface area contributed by atoms with Gasteiger partial charge >= 0.3 is 0 Å². The number of rotatable bonds is 7. The molecule has 4 rings (SSSR count). The first-order valence-corrected chi connectivity index (χ1v) is 11.2. The molecule has 0 fully saturated rings. The SMILES string of the molecule is CC(C)c1ccc(C=NNC(=O)C(NC(=O)c2ccccc2)c2n[nH]c(=O)c3ccccc23)cc1. The summed E-state index contributed by atoms with van der Waals surface area (Å²) >= 11 is 0. The van der Waals surface area contributed by atoms with E-state index in [0.29, 0.717) is 22.3 Å². The molecule has 0 aliphatic carbocycles. The van der Waals surface area contributed by atoms with E-state index in [9.17, 15) is 14.4 Å². The fourth-order valence-electron chi connectivity index (χ4n) is 3.62.